The summed E-state index contributed by atoms with van der Waals surface area (Å²) in [5.74, 6) is 4.87. The molecule has 4 rings (SSSR count). The van der Waals surface area contributed by atoms with E-state index >= 15 is 0 Å². The van der Waals surface area contributed by atoms with Crippen molar-refractivity contribution in [3.63, 3.8) is 0 Å². The molecule has 46 heavy (non-hydrogen) atoms. The molecule has 0 fully saturated rings. The van der Waals surface area contributed by atoms with E-state index in [4.69, 9.17) is 25.8 Å². The predicted octanol–water partition coefficient (Wildman–Crippen LogP) is 3.74. The van der Waals surface area contributed by atoms with E-state index in [1.54, 1.807) is 28.8 Å². The van der Waals surface area contributed by atoms with E-state index < -0.39 is 23.9 Å². The van der Waals surface area contributed by atoms with Crippen molar-refractivity contribution in [2.75, 3.05) is 26.6 Å². The van der Waals surface area contributed by atoms with Crippen LogP contribution in [0.4, 0.5) is 4.79 Å². The molecule has 4 aromatic rings. The van der Waals surface area contributed by atoms with Crippen LogP contribution in [0.25, 0.3) is 22.2 Å². The number of hydrazine groups is 1. The van der Waals surface area contributed by atoms with Crippen molar-refractivity contribution < 1.29 is 38.8 Å². The number of para-hydroxylation sites is 1. The fourth-order valence-electron chi connectivity index (χ4n) is 4.53. The van der Waals surface area contributed by atoms with Gasteiger partial charge in [-0.3, -0.25) is 4.57 Å². The number of nitrogens with two attached hydrogens (primary N) is 2. The Morgan fingerprint density at radius 3 is 2.46 bits per heavy atom. The van der Waals surface area contributed by atoms with Gasteiger partial charge in [-0.25, -0.2) is 15.4 Å². The molecule has 0 saturated carbocycles. The monoisotopic (exact) mass is 635 g/mol. The van der Waals surface area contributed by atoms with Gasteiger partial charge in [0.1, 0.15) is 0 Å². The average Bonchev–Trinajstić information content (AvgIpc) is 3.38. The third kappa shape index (κ3) is 8.60. The summed E-state index contributed by atoms with van der Waals surface area (Å²) in [4.78, 5) is 42.5. The summed E-state index contributed by atoms with van der Waals surface area (Å²) < 4.78 is 17.3. The molecule has 0 unspecified atom stereocenters. The SMILES string of the molecule is CCOc1nc2cccc(C(=O)O)c2n1Cc1ccc(-c2ccccc2/C(N)=N/N(N)COC(=O)OCCCCO[N+](=O)[O-])cc1. The van der Waals surface area contributed by atoms with Crippen LogP contribution in [0.1, 0.15) is 41.3 Å². The Morgan fingerprint density at radius 1 is 1.02 bits per heavy atom. The summed E-state index contributed by atoms with van der Waals surface area (Å²) >= 11 is 0. The lowest BCUT2D eigenvalue weighted by molar-refractivity contribution is -0.757. The third-order valence-corrected chi connectivity index (χ3v) is 6.55. The first-order chi connectivity index (χ1) is 22.2. The maximum atomic E-state index is 11.9. The Morgan fingerprint density at radius 2 is 1.74 bits per heavy atom. The van der Waals surface area contributed by atoms with Crippen molar-refractivity contribution in [2.45, 2.75) is 26.3 Å². The van der Waals surface area contributed by atoms with Crippen LogP contribution in [0.5, 0.6) is 6.01 Å². The number of nitrogens with zero attached hydrogens (tertiary/aromatic N) is 5. The number of carboxylic acids is 1. The number of hydrogen-bond donors (Lipinski definition) is 3. The zero-order valence-electron chi connectivity index (χ0n) is 24.9. The molecule has 242 valence electrons. The maximum Gasteiger partial charge on any atom is 0.510 e. The standard InChI is InChI=1S/C30H33N7O9/c1-2-43-29-33-25-11-7-10-24(28(38)39)26(25)35(29)18-20-12-14-21(15-13-20)22-8-3-4-9-23(22)27(31)34-36(32)19-45-30(40)44-16-5-6-17-46-37(41)42/h3-4,7-15H,2,5-6,16-19,32H2,1H3,(H2,31,34)(H,38,39). The summed E-state index contributed by atoms with van der Waals surface area (Å²) in [5, 5.41) is 23.9. The summed E-state index contributed by atoms with van der Waals surface area (Å²) in [7, 11) is 0. The highest BCUT2D eigenvalue weighted by Gasteiger charge is 2.19. The van der Waals surface area contributed by atoms with Crippen LogP contribution >= 0.6 is 0 Å². The van der Waals surface area contributed by atoms with Gasteiger partial charge < -0.3 is 29.9 Å². The van der Waals surface area contributed by atoms with Gasteiger partial charge >= 0.3 is 12.1 Å². The first-order valence-corrected chi connectivity index (χ1v) is 14.1. The van der Waals surface area contributed by atoms with E-state index in [2.05, 4.69) is 14.9 Å². The number of ether oxygens (including phenoxy) is 3. The van der Waals surface area contributed by atoms with Gasteiger partial charge in [0.05, 0.1) is 43.0 Å². The highest BCUT2D eigenvalue weighted by molar-refractivity contribution is 6.03. The second-order valence-electron chi connectivity index (χ2n) is 9.70. The topological polar surface area (TPSA) is 220 Å². The second-order valence-corrected chi connectivity index (χ2v) is 9.70. The zero-order valence-corrected chi connectivity index (χ0v) is 24.9. The molecule has 1 aromatic heterocycles. The van der Waals surface area contributed by atoms with Crippen LogP contribution in [0.3, 0.4) is 0 Å². The van der Waals surface area contributed by atoms with Crippen LogP contribution in [0.15, 0.2) is 71.8 Å². The van der Waals surface area contributed by atoms with Crippen LogP contribution < -0.4 is 16.3 Å². The molecule has 0 amide bonds. The average molecular weight is 636 g/mol. The smallest absolute Gasteiger partial charge is 0.478 e. The molecule has 0 atom stereocenters. The van der Waals surface area contributed by atoms with Crippen molar-refractivity contribution in [3.8, 4) is 17.1 Å². The van der Waals surface area contributed by atoms with Crippen LogP contribution in [0.2, 0.25) is 0 Å². The number of carbonyl (C=O) groups is 2. The number of carbonyl (C=O) groups excluding carboxylic acids is 1. The summed E-state index contributed by atoms with van der Waals surface area (Å²) in [5.41, 5.74) is 10.5. The minimum atomic E-state index is -1.06. The van der Waals surface area contributed by atoms with E-state index in [0.717, 1.165) is 21.8 Å². The summed E-state index contributed by atoms with van der Waals surface area (Å²) in [6.45, 7) is 1.96. The molecule has 16 heteroatoms. The van der Waals surface area contributed by atoms with Gasteiger partial charge in [-0.15, -0.1) is 15.2 Å². The molecule has 1 heterocycles. The number of rotatable bonds is 16. The van der Waals surface area contributed by atoms with Gasteiger partial charge in [-0.1, -0.05) is 54.6 Å². The molecule has 0 aliphatic heterocycles. The second kappa shape index (κ2) is 15.7. The lowest BCUT2D eigenvalue weighted by atomic mass is 9.98. The molecule has 0 aliphatic carbocycles. The number of amidine groups is 1. The Labute approximate surface area is 262 Å². The van der Waals surface area contributed by atoms with Gasteiger partial charge in [-0.05, 0) is 48.6 Å². The zero-order chi connectivity index (χ0) is 33.1. The Kier molecular flexibility index (Phi) is 11.3. The van der Waals surface area contributed by atoms with Crippen molar-refractivity contribution in [2.24, 2.45) is 16.7 Å². The van der Waals surface area contributed by atoms with Gasteiger partial charge in [0.2, 0.25) is 0 Å². The summed E-state index contributed by atoms with van der Waals surface area (Å²) in [6, 6.07) is 20.2. The van der Waals surface area contributed by atoms with Crippen molar-refractivity contribution in [1.82, 2.24) is 14.7 Å². The number of hydrazone groups is 1. The highest BCUT2D eigenvalue weighted by atomic mass is 16.9. The molecule has 0 aliphatic rings. The minimum Gasteiger partial charge on any atom is -0.478 e. The first kappa shape index (κ1) is 33.0. The number of hydrogen-bond acceptors (Lipinski definition) is 12. The molecule has 0 radical (unpaired) electrons. The van der Waals surface area contributed by atoms with E-state index in [1.807, 2.05) is 43.3 Å². The lowest BCUT2D eigenvalue weighted by Crippen LogP contribution is -2.33. The van der Waals surface area contributed by atoms with Crippen LogP contribution in [0, 0.1) is 10.1 Å². The first-order valence-electron chi connectivity index (χ1n) is 14.1. The third-order valence-electron chi connectivity index (χ3n) is 6.55. The molecular formula is C30H33N7O9. The maximum absolute atomic E-state index is 11.9. The largest absolute Gasteiger partial charge is 0.510 e. The van der Waals surface area contributed by atoms with Gasteiger partial charge in [0.25, 0.3) is 11.1 Å². The fourth-order valence-corrected chi connectivity index (χ4v) is 4.53. The normalized spacial score (nSPS) is 11.2. The number of imidazole rings is 1. The summed E-state index contributed by atoms with van der Waals surface area (Å²) in [6.07, 6.45) is -0.320. The van der Waals surface area contributed by atoms with E-state index in [0.29, 0.717) is 48.6 Å². The molecule has 16 nitrogen and oxygen atoms in total. The van der Waals surface area contributed by atoms with Gasteiger partial charge in [-0.2, -0.15) is 10.1 Å². The van der Waals surface area contributed by atoms with Crippen molar-refractivity contribution >= 4 is 29.0 Å². The Hall–Kier alpha value is -5.90. The van der Waals surface area contributed by atoms with Crippen molar-refractivity contribution in [3.05, 3.63) is 93.5 Å². The molecule has 0 bridgehead atoms. The Balaban J connectivity index is 1.42. The fraction of sp³-hybridized carbons (Fsp3) is 0.267. The van der Waals surface area contributed by atoms with E-state index in [1.165, 1.54) is 6.07 Å². The minimum absolute atomic E-state index is 0.0159. The number of aromatic nitrogens is 2. The predicted molar refractivity (Wildman–Crippen MR) is 165 cm³/mol. The van der Waals surface area contributed by atoms with E-state index in [9.17, 15) is 24.8 Å². The van der Waals surface area contributed by atoms with Crippen LogP contribution in [-0.4, -0.2) is 69.4 Å². The van der Waals surface area contributed by atoms with Gasteiger partial charge in [0.15, 0.2) is 12.6 Å². The van der Waals surface area contributed by atoms with E-state index in [-0.39, 0.29) is 24.6 Å². The number of benzene rings is 3. The van der Waals surface area contributed by atoms with Crippen molar-refractivity contribution in [1.29, 1.82) is 0 Å². The molecule has 0 saturated heterocycles. The Bertz CT molecular complexity index is 1710. The van der Waals surface area contributed by atoms with Crippen LogP contribution in [-0.2, 0) is 20.9 Å². The lowest BCUT2D eigenvalue weighted by Gasteiger charge is -2.15. The molecule has 5 N–H and O–H groups in total. The molecule has 0 spiro atoms. The number of carboxylic acid groups (broad SMARTS) is 1. The molecule has 3 aromatic carbocycles. The quantitative estimate of drug-likeness (QED) is 0.0234. The number of fused-ring (bicyclic) bond motifs is 1. The number of aromatic carboxylic acids is 1. The molecular weight excluding hydrogens is 602 g/mol. The van der Waals surface area contributed by atoms with Gasteiger partial charge in [0, 0.05) is 5.56 Å². The number of unbranched alkanes of at least 4 members (excludes halogenated alkanes) is 1. The highest BCUT2D eigenvalue weighted by Crippen LogP contribution is 2.28.